The number of rotatable bonds is 1. The molecule has 0 aliphatic heterocycles. The number of hydrogen-bond donors (Lipinski definition) is 1. The molecule has 2 rings (SSSR count). The van der Waals surface area contributed by atoms with Crippen molar-refractivity contribution < 1.29 is 9.50 Å². The van der Waals surface area contributed by atoms with Crippen molar-refractivity contribution in [3.63, 3.8) is 0 Å². The summed E-state index contributed by atoms with van der Waals surface area (Å²) in [6.07, 6.45) is 3.05. The highest BCUT2D eigenvalue weighted by Gasteiger charge is 2.14. The Bertz CT molecular complexity index is 344. The lowest BCUT2D eigenvalue weighted by atomic mass is 10.1. The van der Waals surface area contributed by atoms with Gasteiger partial charge in [0.25, 0.3) is 0 Å². The summed E-state index contributed by atoms with van der Waals surface area (Å²) in [7, 11) is 0. The van der Waals surface area contributed by atoms with Crippen LogP contribution in [0.15, 0.2) is 30.3 Å². The van der Waals surface area contributed by atoms with Crippen LogP contribution in [0.4, 0.5) is 4.39 Å². The zero-order valence-corrected chi connectivity index (χ0v) is 7.20. The van der Waals surface area contributed by atoms with Gasteiger partial charge in [-0.25, -0.2) is 4.39 Å². The van der Waals surface area contributed by atoms with E-state index < -0.39 is 0 Å². The van der Waals surface area contributed by atoms with E-state index in [-0.39, 0.29) is 11.9 Å². The van der Waals surface area contributed by atoms with E-state index in [9.17, 15) is 9.50 Å². The first-order valence-electron chi connectivity index (χ1n) is 4.40. The number of benzene rings is 1. The molecule has 2 heteroatoms. The largest absolute Gasteiger partial charge is 0.389 e. The Morgan fingerprint density at radius 2 is 2.23 bits per heavy atom. The molecule has 0 saturated carbocycles. The molecule has 0 aromatic heterocycles. The van der Waals surface area contributed by atoms with Crippen LogP contribution >= 0.6 is 0 Å². The Balaban J connectivity index is 2.31. The van der Waals surface area contributed by atoms with Crippen molar-refractivity contribution in [2.45, 2.75) is 18.9 Å². The Morgan fingerprint density at radius 3 is 2.85 bits per heavy atom. The third-order valence-electron chi connectivity index (χ3n) is 2.30. The van der Waals surface area contributed by atoms with E-state index in [1.54, 1.807) is 12.1 Å². The molecule has 0 amide bonds. The number of allylic oxidation sites excluding steroid dienone is 1. The number of halogens is 1. The summed E-state index contributed by atoms with van der Waals surface area (Å²) in [5, 5.41) is 9.26. The number of aliphatic hydroxyl groups excluding tert-OH is 1. The van der Waals surface area contributed by atoms with Crippen LogP contribution in [-0.2, 0) is 0 Å². The minimum Gasteiger partial charge on any atom is -0.389 e. The number of hydrogen-bond acceptors (Lipinski definition) is 1. The van der Waals surface area contributed by atoms with Crippen LogP contribution < -0.4 is 0 Å². The summed E-state index contributed by atoms with van der Waals surface area (Å²) in [4.78, 5) is 0. The van der Waals surface area contributed by atoms with Gasteiger partial charge in [0.1, 0.15) is 5.82 Å². The van der Waals surface area contributed by atoms with Crippen LogP contribution in [0.5, 0.6) is 0 Å². The van der Waals surface area contributed by atoms with Crippen molar-refractivity contribution in [3.05, 3.63) is 41.7 Å². The molecule has 0 radical (unpaired) electrons. The van der Waals surface area contributed by atoms with Crippen LogP contribution in [0.25, 0.3) is 5.57 Å². The molecule has 1 aromatic carbocycles. The molecule has 0 spiro atoms. The molecule has 68 valence electrons. The molecule has 1 N–H and O–H groups in total. The average molecular weight is 178 g/mol. The van der Waals surface area contributed by atoms with Crippen LogP contribution in [0, 0.1) is 5.82 Å². The van der Waals surface area contributed by atoms with E-state index in [2.05, 4.69) is 0 Å². The Kier molecular flexibility index (Phi) is 2.15. The summed E-state index contributed by atoms with van der Waals surface area (Å²) < 4.78 is 12.8. The molecule has 13 heavy (non-hydrogen) atoms. The minimum absolute atomic E-state index is 0.222. The zero-order valence-electron chi connectivity index (χ0n) is 7.20. The quantitative estimate of drug-likeness (QED) is 0.700. The van der Waals surface area contributed by atoms with E-state index in [0.717, 1.165) is 24.0 Å². The minimum atomic E-state index is -0.349. The van der Waals surface area contributed by atoms with Crippen molar-refractivity contribution in [1.29, 1.82) is 0 Å². The molecule has 1 atom stereocenters. The molecule has 0 saturated heterocycles. The van der Waals surface area contributed by atoms with Gasteiger partial charge in [0.15, 0.2) is 0 Å². The average Bonchev–Trinajstić information content (AvgIpc) is 2.52. The predicted octanol–water partition coefficient (Wildman–Crippen LogP) is 2.36. The lowest BCUT2D eigenvalue weighted by Crippen LogP contribution is -1.93. The van der Waals surface area contributed by atoms with Crippen LogP contribution in [0.1, 0.15) is 18.4 Å². The molecule has 1 aromatic rings. The summed E-state index contributed by atoms with van der Waals surface area (Å²) in [6.45, 7) is 0. The molecule has 1 nitrogen and oxygen atoms in total. The molecular weight excluding hydrogens is 167 g/mol. The highest BCUT2D eigenvalue weighted by molar-refractivity contribution is 5.67. The molecule has 0 bridgehead atoms. The third-order valence-corrected chi connectivity index (χ3v) is 2.30. The van der Waals surface area contributed by atoms with Crippen molar-refractivity contribution >= 4 is 5.57 Å². The Hall–Kier alpha value is -1.15. The summed E-state index contributed by atoms with van der Waals surface area (Å²) in [5.41, 5.74) is 1.93. The van der Waals surface area contributed by atoms with E-state index in [0.29, 0.717) is 0 Å². The monoisotopic (exact) mass is 178 g/mol. The van der Waals surface area contributed by atoms with Gasteiger partial charge in [0.2, 0.25) is 0 Å². The fourth-order valence-electron chi connectivity index (χ4n) is 1.63. The van der Waals surface area contributed by atoms with E-state index >= 15 is 0 Å². The second-order valence-corrected chi connectivity index (χ2v) is 3.31. The molecule has 1 aliphatic rings. The summed E-state index contributed by atoms with van der Waals surface area (Å²) in [6, 6.07) is 6.49. The van der Waals surface area contributed by atoms with E-state index in [1.807, 2.05) is 6.07 Å². The fraction of sp³-hybridized carbons (Fsp3) is 0.273. The van der Waals surface area contributed by atoms with Crippen LogP contribution in [0.3, 0.4) is 0 Å². The summed E-state index contributed by atoms with van der Waals surface area (Å²) >= 11 is 0. The van der Waals surface area contributed by atoms with Gasteiger partial charge in [0, 0.05) is 0 Å². The Morgan fingerprint density at radius 1 is 1.38 bits per heavy atom. The lowest BCUT2D eigenvalue weighted by molar-refractivity contribution is 0.223. The topological polar surface area (TPSA) is 20.2 Å². The zero-order chi connectivity index (χ0) is 9.26. The third kappa shape index (κ3) is 1.78. The van der Waals surface area contributed by atoms with Crippen LogP contribution in [0.2, 0.25) is 0 Å². The second-order valence-electron chi connectivity index (χ2n) is 3.31. The summed E-state index contributed by atoms with van der Waals surface area (Å²) in [5.74, 6) is -0.222. The first-order chi connectivity index (χ1) is 6.25. The van der Waals surface area contributed by atoms with Gasteiger partial charge in [-0.15, -0.1) is 0 Å². The molecular formula is C11H11FO. The maximum absolute atomic E-state index is 12.8. The lowest BCUT2D eigenvalue weighted by Gasteiger charge is -2.00. The van der Waals surface area contributed by atoms with Gasteiger partial charge in [0.05, 0.1) is 6.10 Å². The van der Waals surface area contributed by atoms with Gasteiger partial charge in [-0.1, -0.05) is 18.2 Å². The fourth-order valence-corrected chi connectivity index (χ4v) is 1.63. The second kappa shape index (κ2) is 3.30. The normalized spacial score (nSPS) is 21.7. The van der Waals surface area contributed by atoms with Gasteiger partial charge in [-0.3, -0.25) is 0 Å². The molecule has 1 unspecified atom stereocenters. The van der Waals surface area contributed by atoms with Crippen molar-refractivity contribution in [3.8, 4) is 0 Å². The number of aliphatic hydroxyl groups is 1. The predicted molar refractivity (Wildman–Crippen MR) is 49.6 cm³/mol. The maximum Gasteiger partial charge on any atom is 0.123 e. The van der Waals surface area contributed by atoms with Gasteiger partial charge in [-0.05, 0) is 36.1 Å². The smallest absolute Gasteiger partial charge is 0.123 e. The highest BCUT2D eigenvalue weighted by atomic mass is 19.1. The standard InChI is InChI=1S/C11H11FO/c12-10-3-1-2-8(6-10)9-4-5-11(13)7-9/h1-3,6-7,11,13H,4-5H2. The first-order valence-corrected chi connectivity index (χ1v) is 4.40. The highest BCUT2D eigenvalue weighted by Crippen LogP contribution is 2.27. The van der Waals surface area contributed by atoms with Gasteiger partial charge >= 0.3 is 0 Å². The van der Waals surface area contributed by atoms with Crippen molar-refractivity contribution in [2.75, 3.05) is 0 Å². The molecule has 1 aliphatic carbocycles. The van der Waals surface area contributed by atoms with Crippen molar-refractivity contribution in [2.24, 2.45) is 0 Å². The Labute approximate surface area is 76.5 Å². The van der Waals surface area contributed by atoms with Gasteiger partial charge < -0.3 is 5.11 Å². The van der Waals surface area contributed by atoms with Gasteiger partial charge in [-0.2, -0.15) is 0 Å². The van der Waals surface area contributed by atoms with Crippen molar-refractivity contribution in [1.82, 2.24) is 0 Å². The van der Waals surface area contributed by atoms with E-state index in [4.69, 9.17) is 0 Å². The maximum atomic E-state index is 12.8. The molecule has 0 fully saturated rings. The van der Waals surface area contributed by atoms with E-state index in [1.165, 1.54) is 12.1 Å². The first kappa shape index (κ1) is 8.45. The van der Waals surface area contributed by atoms with Crippen LogP contribution in [-0.4, -0.2) is 11.2 Å². The SMILES string of the molecule is OC1C=C(c2cccc(F)c2)CC1. The molecule has 0 heterocycles.